The van der Waals surface area contributed by atoms with E-state index >= 15 is 0 Å². The molecule has 4 heterocycles. The van der Waals surface area contributed by atoms with Gasteiger partial charge >= 0.3 is 0 Å². The molecule has 5 rings (SSSR count). The summed E-state index contributed by atoms with van der Waals surface area (Å²) in [5.41, 5.74) is 2.80. The molecule has 1 aromatic carbocycles. The maximum absolute atomic E-state index is 13.0. The van der Waals surface area contributed by atoms with E-state index in [2.05, 4.69) is 20.9 Å². The van der Waals surface area contributed by atoms with Gasteiger partial charge < -0.3 is 19.2 Å². The predicted molar refractivity (Wildman–Crippen MR) is 127 cm³/mol. The number of nitriles is 1. The Morgan fingerprint density at radius 1 is 1.32 bits per heavy atom. The molecule has 9 heteroatoms. The first kappa shape index (κ1) is 21.8. The van der Waals surface area contributed by atoms with Crippen LogP contribution in [0.3, 0.4) is 0 Å². The number of benzene rings is 1. The zero-order valence-corrected chi connectivity index (χ0v) is 19.0. The standard InChI is InChI=1S/C25H24N6O3/c1-15-9-17(6-8-34-15)31-23(11-24(33)29-21-14-30(2)7-5-22(21)32)28-20-13-27-19-4-3-16(12-26)10-18(19)25(20)31/h3-5,7,10,13-15,17H,6,8-9,11H2,1-2H3,(H,29,33)/t15-,17-/m1/s1. The molecule has 0 bridgehead atoms. The van der Waals surface area contributed by atoms with E-state index in [-0.39, 0.29) is 35.6 Å². The number of nitrogens with zero attached hydrogens (tertiary/aromatic N) is 5. The second-order valence-electron chi connectivity index (χ2n) is 8.71. The lowest BCUT2D eigenvalue weighted by Crippen LogP contribution is -2.28. The number of carbonyl (C=O) groups excluding carboxylic acids is 1. The number of amides is 1. The third-order valence-corrected chi connectivity index (χ3v) is 6.19. The summed E-state index contributed by atoms with van der Waals surface area (Å²) < 4.78 is 9.58. The molecule has 1 N–H and O–H groups in total. The van der Waals surface area contributed by atoms with E-state index in [0.29, 0.717) is 23.5 Å². The highest BCUT2D eigenvalue weighted by Gasteiger charge is 2.27. The van der Waals surface area contributed by atoms with Crippen LogP contribution in [-0.4, -0.2) is 37.7 Å². The minimum Gasteiger partial charge on any atom is -0.378 e. The number of fused-ring (bicyclic) bond motifs is 3. The summed E-state index contributed by atoms with van der Waals surface area (Å²) in [7, 11) is 1.79. The summed E-state index contributed by atoms with van der Waals surface area (Å²) in [5.74, 6) is 0.269. The van der Waals surface area contributed by atoms with Gasteiger partial charge in [0, 0.05) is 43.5 Å². The topological polar surface area (TPSA) is 115 Å². The van der Waals surface area contributed by atoms with Gasteiger partial charge in [0.1, 0.15) is 17.0 Å². The molecule has 0 saturated carbocycles. The van der Waals surface area contributed by atoms with Gasteiger partial charge in [0.2, 0.25) is 11.3 Å². The average molecular weight is 457 g/mol. The van der Waals surface area contributed by atoms with Crippen LogP contribution in [0.4, 0.5) is 5.69 Å². The third-order valence-electron chi connectivity index (χ3n) is 6.19. The Morgan fingerprint density at radius 2 is 2.18 bits per heavy atom. The van der Waals surface area contributed by atoms with E-state index in [1.807, 2.05) is 19.1 Å². The largest absolute Gasteiger partial charge is 0.378 e. The number of aryl methyl sites for hydroxylation is 1. The van der Waals surface area contributed by atoms with Gasteiger partial charge in [0.25, 0.3) is 0 Å². The fourth-order valence-electron chi connectivity index (χ4n) is 4.64. The monoisotopic (exact) mass is 456 g/mol. The van der Waals surface area contributed by atoms with Crippen molar-refractivity contribution < 1.29 is 9.53 Å². The van der Waals surface area contributed by atoms with E-state index in [0.717, 1.165) is 29.3 Å². The highest BCUT2D eigenvalue weighted by molar-refractivity contribution is 6.03. The van der Waals surface area contributed by atoms with Gasteiger partial charge in [-0.2, -0.15) is 5.26 Å². The van der Waals surface area contributed by atoms with E-state index in [1.165, 1.54) is 6.07 Å². The van der Waals surface area contributed by atoms with Gasteiger partial charge in [-0.3, -0.25) is 14.6 Å². The molecule has 1 amide bonds. The van der Waals surface area contributed by atoms with Crippen LogP contribution in [0.2, 0.25) is 0 Å². The molecule has 4 aromatic rings. The third kappa shape index (κ3) is 4.04. The molecule has 2 atom stereocenters. The summed E-state index contributed by atoms with van der Waals surface area (Å²) in [6.45, 7) is 2.65. The Labute approximate surface area is 195 Å². The van der Waals surface area contributed by atoms with Crippen LogP contribution in [0.25, 0.3) is 21.9 Å². The summed E-state index contributed by atoms with van der Waals surface area (Å²) in [6.07, 6.45) is 6.57. The number of hydrogen-bond acceptors (Lipinski definition) is 6. The quantitative estimate of drug-likeness (QED) is 0.505. The van der Waals surface area contributed by atoms with Crippen molar-refractivity contribution in [2.75, 3.05) is 11.9 Å². The molecule has 9 nitrogen and oxygen atoms in total. The molecule has 0 aliphatic carbocycles. The molecule has 1 aliphatic rings. The number of aromatic nitrogens is 4. The lowest BCUT2D eigenvalue weighted by atomic mass is 10.0. The summed E-state index contributed by atoms with van der Waals surface area (Å²) >= 11 is 0. The van der Waals surface area contributed by atoms with Gasteiger partial charge in [-0.15, -0.1) is 0 Å². The zero-order chi connectivity index (χ0) is 23.8. The lowest BCUT2D eigenvalue weighted by Gasteiger charge is -2.30. The van der Waals surface area contributed by atoms with E-state index < -0.39 is 0 Å². The molecule has 1 aliphatic heterocycles. The molecule has 0 unspecified atom stereocenters. The Hall–Kier alpha value is -4.03. The van der Waals surface area contributed by atoms with Crippen molar-refractivity contribution in [2.45, 2.75) is 38.3 Å². The Balaban J connectivity index is 1.62. The van der Waals surface area contributed by atoms with Crippen molar-refractivity contribution in [3.63, 3.8) is 0 Å². The average Bonchev–Trinajstić information content (AvgIpc) is 3.19. The summed E-state index contributed by atoms with van der Waals surface area (Å²) in [5, 5.41) is 13.0. The fraction of sp³-hybridized carbons (Fsp3) is 0.320. The first-order chi connectivity index (χ1) is 16.4. The van der Waals surface area contributed by atoms with Gasteiger partial charge in [-0.05, 0) is 38.0 Å². The number of nitrogens with one attached hydrogen (secondary N) is 1. The minimum atomic E-state index is -0.324. The van der Waals surface area contributed by atoms with E-state index in [1.54, 1.807) is 36.3 Å². The Morgan fingerprint density at radius 3 is 2.97 bits per heavy atom. The van der Waals surface area contributed by atoms with E-state index in [4.69, 9.17) is 9.72 Å². The molecule has 1 saturated heterocycles. The minimum absolute atomic E-state index is 0.00208. The van der Waals surface area contributed by atoms with Crippen LogP contribution in [0, 0.1) is 11.3 Å². The van der Waals surface area contributed by atoms with Gasteiger partial charge in [0.15, 0.2) is 0 Å². The molecule has 3 aromatic heterocycles. The highest BCUT2D eigenvalue weighted by atomic mass is 16.5. The van der Waals surface area contributed by atoms with Crippen LogP contribution >= 0.6 is 0 Å². The molecule has 172 valence electrons. The van der Waals surface area contributed by atoms with Crippen LogP contribution in [0.15, 0.2) is 47.7 Å². The first-order valence-corrected chi connectivity index (χ1v) is 11.2. The summed E-state index contributed by atoms with van der Waals surface area (Å²) in [4.78, 5) is 34.4. The summed E-state index contributed by atoms with van der Waals surface area (Å²) in [6, 6.07) is 9.08. The number of rotatable bonds is 4. The number of imidazole rings is 1. The molecular formula is C25H24N6O3. The molecule has 1 fully saturated rings. The number of anilines is 1. The van der Waals surface area contributed by atoms with Crippen LogP contribution in [-0.2, 0) is 23.0 Å². The second kappa shape index (κ2) is 8.72. The predicted octanol–water partition coefficient (Wildman–Crippen LogP) is 3.08. The maximum Gasteiger partial charge on any atom is 0.232 e. The normalized spacial score (nSPS) is 18.1. The maximum atomic E-state index is 13.0. The van der Waals surface area contributed by atoms with Crippen LogP contribution < -0.4 is 10.7 Å². The number of pyridine rings is 2. The van der Waals surface area contributed by atoms with Crippen molar-refractivity contribution in [3.8, 4) is 6.07 Å². The SMILES string of the molecule is C[C@@H]1C[C@H](n2c(CC(=O)Nc3cn(C)ccc3=O)nc3cnc4ccc(C#N)cc4c32)CCO1. The van der Waals surface area contributed by atoms with E-state index in [9.17, 15) is 14.9 Å². The van der Waals surface area contributed by atoms with Crippen molar-refractivity contribution in [2.24, 2.45) is 7.05 Å². The number of ether oxygens (including phenoxy) is 1. The number of carbonyl (C=O) groups is 1. The molecule has 34 heavy (non-hydrogen) atoms. The molecule has 0 radical (unpaired) electrons. The Bertz CT molecular complexity index is 1510. The fourth-order valence-corrected chi connectivity index (χ4v) is 4.64. The molecule has 0 spiro atoms. The number of hydrogen-bond donors (Lipinski definition) is 1. The second-order valence-corrected chi connectivity index (χ2v) is 8.71. The van der Waals surface area contributed by atoms with Gasteiger partial charge in [-0.1, -0.05) is 0 Å². The van der Waals surface area contributed by atoms with Crippen molar-refractivity contribution in [1.29, 1.82) is 5.26 Å². The zero-order valence-electron chi connectivity index (χ0n) is 19.0. The van der Waals surface area contributed by atoms with Crippen LogP contribution in [0.5, 0.6) is 0 Å². The smallest absolute Gasteiger partial charge is 0.232 e. The van der Waals surface area contributed by atoms with Crippen molar-refractivity contribution in [1.82, 2.24) is 19.1 Å². The van der Waals surface area contributed by atoms with Gasteiger partial charge in [0.05, 0.1) is 41.4 Å². The van der Waals surface area contributed by atoms with Crippen LogP contribution in [0.1, 0.15) is 37.2 Å². The first-order valence-electron chi connectivity index (χ1n) is 11.2. The van der Waals surface area contributed by atoms with Gasteiger partial charge in [-0.25, -0.2) is 4.98 Å². The van der Waals surface area contributed by atoms with Crippen molar-refractivity contribution >= 4 is 33.5 Å². The highest BCUT2D eigenvalue weighted by Crippen LogP contribution is 2.34. The van der Waals surface area contributed by atoms with Crippen molar-refractivity contribution in [3.05, 3.63) is 64.5 Å². The molecular weight excluding hydrogens is 432 g/mol. The Kier molecular flexibility index (Phi) is 5.59. The lowest BCUT2D eigenvalue weighted by molar-refractivity contribution is -0.115.